The van der Waals surface area contributed by atoms with Gasteiger partial charge in [-0.2, -0.15) is 0 Å². The fourth-order valence-corrected chi connectivity index (χ4v) is 1.08. The van der Waals surface area contributed by atoms with Crippen LogP contribution in [0.2, 0.25) is 0 Å². The van der Waals surface area contributed by atoms with E-state index in [0.717, 1.165) is 12.2 Å². The van der Waals surface area contributed by atoms with Crippen molar-refractivity contribution < 1.29 is 21.8 Å². The summed E-state index contributed by atoms with van der Waals surface area (Å²) in [6.07, 6.45) is 4.75. The summed E-state index contributed by atoms with van der Waals surface area (Å²) >= 11 is 0. The van der Waals surface area contributed by atoms with Gasteiger partial charge in [-0.15, -0.1) is 0 Å². The first kappa shape index (κ1) is 8.38. The van der Waals surface area contributed by atoms with Gasteiger partial charge in [-0.3, -0.25) is 0 Å². The van der Waals surface area contributed by atoms with E-state index in [9.17, 15) is 0 Å². The molecule has 0 saturated carbocycles. The first-order chi connectivity index (χ1) is 4.97. The molecular weight excluding hydrogens is 180 g/mol. The van der Waals surface area contributed by atoms with E-state index in [1.165, 1.54) is 5.56 Å². The molecule has 0 aliphatic carbocycles. The van der Waals surface area contributed by atoms with Crippen LogP contribution in [0.4, 0.5) is 0 Å². The van der Waals surface area contributed by atoms with Crippen molar-refractivity contribution in [3.8, 4) is 5.75 Å². The number of para-hydroxylation sites is 1. The molecule has 58 valence electrons. The molecule has 0 amide bonds. The Morgan fingerprint density at radius 1 is 1.18 bits per heavy atom. The molecule has 1 heterocycles. The van der Waals surface area contributed by atoms with Crippen LogP contribution < -0.4 is 4.74 Å². The van der Waals surface area contributed by atoms with Crippen molar-refractivity contribution >= 4 is 0 Å². The van der Waals surface area contributed by atoms with Crippen LogP contribution in [0, 0.1) is 0 Å². The number of fused-ring (bicyclic) bond motifs is 1. The van der Waals surface area contributed by atoms with E-state index >= 15 is 0 Å². The van der Waals surface area contributed by atoms with Gasteiger partial charge in [0.25, 0.3) is 0 Å². The average molecular weight is 188 g/mol. The number of benzene rings is 1. The molecule has 1 aliphatic rings. The maximum atomic E-state index is 5.24. The van der Waals surface area contributed by atoms with Crippen LogP contribution in [0.3, 0.4) is 0 Å². The molecule has 0 bridgehead atoms. The molecule has 2 rings (SSSR count). The molecule has 0 N–H and O–H groups in total. The summed E-state index contributed by atoms with van der Waals surface area (Å²) in [7, 11) is 0. The largest absolute Gasteiger partial charge is 0.465 e. The first-order valence-electron chi connectivity index (χ1n) is 3.36. The van der Waals surface area contributed by atoms with Crippen LogP contribution >= 0.6 is 0 Å². The Balaban J connectivity index is 0.000000605. The van der Waals surface area contributed by atoms with Gasteiger partial charge in [-0.1, -0.05) is 18.2 Å². The molecular formula is C9H8FeO. The van der Waals surface area contributed by atoms with Gasteiger partial charge < -0.3 is 4.74 Å². The molecule has 0 radical (unpaired) electrons. The zero-order valence-corrected chi connectivity index (χ0v) is 7.04. The van der Waals surface area contributed by atoms with Gasteiger partial charge in [0.2, 0.25) is 0 Å². The smallest absolute Gasteiger partial charge is 0.130 e. The number of allylic oxidation sites excluding steroid dienone is 1. The van der Waals surface area contributed by atoms with E-state index in [4.69, 9.17) is 4.74 Å². The summed E-state index contributed by atoms with van der Waals surface area (Å²) in [4.78, 5) is 0. The average Bonchev–Trinajstić information content (AvgIpc) is 2.05. The fourth-order valence-electron chi connectivity index (χ4n) is 1.08. The summed E-state index contributed by atoms with van der Waals surface area (Å²) in [5, 5.41) is 0. The molecule has 1 nitrogen and oxygen atoms in total. The van der Waals surface area contributed by atoms with Gasteiger partial charge in [0, 0.05) is 17.1 Å². The van der Waals surface area contributed by atoms with Gasteiger partial charge in [-0.05, 0) is 24.1 Å². The molecule has 1 aromatic rings. The van der Waals surface area contributed by atoms with Crippen molar-refractivity contribution in [2.75, 3.05) is 0 Å². The molecule has 0 atom stereocenters. The van der Waals surface area contributed by atoms with E-state index in [1.807, 2.05) is 24.3 Å². The Kier molecular flexibility index (Phi) is 2.75. The Morgan fingerprint density at radius 3 is 2.82 bits per heavy atom. The third-order valence-electron chi connectivity index (χ3n) is 1.60. The summed E-state index contributed by atoms with van der Waals surface area (Å²) < 4.78 is 5.24. The van der Waals surface area contributed by atoms with Crippen molar-refractivity contribution in [2.45, 2.75) is 6.42 Å². The number of hydrogen-bond donors (Lipinski definition) is 0. The van der Waals surface area contributed by atoms with Gasteiger partial charge in [-0.25, -0.2) is 0 Å². The molecule has 0 spiro atoms. The molecule has 11 heavy (non-hydrogen) atoms. The van der Waals surface area contributed by atoms with Crippen molar-refractivity contribution in [1.82, 2.24) is 0 Å². The normalized spacial score (nSPS) is 12.7. The van der Waals surface area contributed by atoms with Crippen LogP contribution in [0.25, 0.3) is 0 Å². The monoisotopic (exact) mass is 188 g/mol. The zero-order chi connectivity index (χ0) is 6.81. The molecule has 1 aliphatic heterocycles. The zero-order valence-electron chi connectivity index (χ0n) is 5.93. The maximum Gasteiger partial charge on any atom is 0.130 e. The van der Waals surface area contributed by atoms with Crippen LogP contribution in [0.5, 0.6) is 5.75 Å². The van der Waals surface area contributed by atoms with E-state index in [1.54, 1.807) is 6.26 Å². The summed E-state index contributed by atoms with van der Waals surface area (Å²) in [5.41, 5.74) is 1.27. The van der Waals surface area contributed by atoms with Crippen molar-refractivity contribution in [3.63, 3.8) is 0 Å². The molecule has 2 heteroatoms. The van der Waals surface area contributed by atoms with Gasteiger partial charge in [0.05, 0.1) is 6.26 Å². The third kappa shape index (κ3) is 1.65. The standard InChI is InChI=1S/C9H8O.Fe/c1-2-6-9-8(4-1)5-3-7-10-9;/h1-4,6-7H,5H2;. The fraction of sp³-hybridized carbons (Fsp3) is 0.111. The van der Waals surface area contributed by atoms with E-state index in [2.05, 4.69) is 6.07 Å². The predicted octanol–water partition coefficient (Wildman–Crippen LogP) is 2.13. The Hall–Kier alpha value is -0.721. The summed E-state index contributed by atoms with van der Waals surface area (Å²) in [6.45, 7) is 0. The molecule has 0 unspecified atom stereocenters. The van der Waals surface area contributed by atoms with Crippen LogP contribution in [-0.2, 0) is 23.5 Å². The maximum absolute atomic E-state index is 5.24. The van der Waals surface area contributed by atoms with Gasteiger partial charge in [0.15, 0.2) is 0 Å². The minimum Gasteiger partial charge on any atom is -0.465 e. The van der Waals surface area contributed by atoms with Crippen LogP contribution in [0.1, 0.15) is 5.56 Å². The number of rotatable bonds is 0. The summed E-state index contributed by atoms with van der Waals surface area (Å²) in [5.74, 6) is 0.991. The molecule has 0 aromatic heterocycles. The number of ether oxygens (including phenoxy) is 1. The topological polar surface area (TPSA) is 9.23 Å². The Morgan fingerprint density at radius 2 is 2.00 bits per heavy atom. The van der Waals surface area contributed by atoms with Crippen LogP contribution in [0.15, 0.2) is 36.6 Å². The van der Waals surface area contributed by atoms with E-state index in [-0.39, 0.29) is 17.1 Å². The van der Waals surface area contributed by atoms with Gasteiger partial charge in [0.1, 0.15) is 5.75 Å². The van der Waals surface area contributed by atoms with Crippen molar-refractivity contribution in [1.29, 1.82) is 0 Å². The van der Waals surface area contributed by atoms with Crippen LogP contribution in [-0.4, -0.2) is 0 Å². The summed E-state index contributed by atoms with van der Waals surface area (Å²) in [6, 6.07) is 8.08. The van der Waals surface area contributed by atoms with Crippen molar-refractivity contribution in [3.05, 3.63) is 42.2 Å². The second-order valence-electron chi connectivity index (χ2n) is 2.30. The quantitative estimate of drug-likeness (QED) is 0.566. The Labute approximate surface area is 76.5 Å². The van der Waals surface area contributed by atoms with Crippen molar-refractivity contribution in [2.24, 2.45) is 0 Å². The molecule has 0 fully saturated rings. The third-order valence-corrected chi connectivity index (χ3v) is 1.60. The molecule has 1 aromatic carbocycles. The van der Waals surface area contributed by atoms with Gasteiger partial charge >= 0.3 is 0 Å². The first-order valence-corrected chi connectivity index (χ1v) is 3.36. The number of hydrogen-bond acceptors (Lipinski definition) is 1. The Bertz CT molecular complexity index is 241. The van der Waals surface area contributed by atoms with E-state index in [0.29, 0.717) is 0 Å². The second kappa shape index (κ2) is 3.61. The second-order valence-corrected chi connectivity index (χ2v) is 2.30. The minimum absolute atomic E-state index is 0. The minimum atomic E-state index is 0. The SMILES string of the molecule is C1=COc2ccccc2C1.[Fe]. The molecule has 0 saturated heterocycles. The van der Waals surface area contributed by atoms with E-state index < -0.39 is 0 Å². The predicted molar refractivity (Wildman–Crippen MR) is 39.9 cm³/mol.